The van der Waals surface area contributed by atoms with Gasteiger partial charge in [-0.3, -0.25) is 15.0 Å². The summed E-state index contributed by atoms with van der Waals surface area (Å²) in [5.74, 6) is -0.0102. The SMILES string of the molecule is N=CN1CCCCN(C(=O)C=Cc2ccccc2)CCCNC(=O)C[C@@H](c2ccccc2)NCCC1. The minimum atomic E-state index is -0.0588. The van der Waals surface area contributed by atoms with Gasteiger partial charge in [0, 0.05) is 51.3 Å². The van der Waals surface area contributed by atoms with Gasteiger partial charge in [0.05, 0.1) is 6.34 Å². The van der Waals surface area contributed by atoms with Crippen molar-refractivity contribution in [2.24, 2.45) is 0 Å². The summed E-state index contributed by atoms with van der Waals surface area (Å²) < 4.78 is 0. The highest BCUT2D eigenvalue weighted by atomic mass is 16.2. The van der Waals surface area contributed by atoms with Crippen LogP contribution in [-0.4, -0.2) is 67.2 Å². The first-order valence-electron chi connectivity index (χ1n) is 13.0. The highest BCUT2D eigenvalue weighted by Gasteiger charge is 2.16. The maximum absolute atomic E-state index is 12.9. The molecule has 0 aromatic heterocycles. The molecule has 0 bridgehead atoms. The van der Waals surface area contributed by atoms with E-state index >= 15 is 0 Å². The summed E-state index contributed by atoms with van der Waals surface area (Å²) in [4.78, 5) is 29.5. The molecule has 2 aromatic carbocycles. The highest BCUT2D eigenvalue weighted by molar-refractivity contribution is 5.91. The van der Waals surface area contributed by atoms with Crippen molar-refractivity contribution in [3.8, 4) is 0 Å². The van der Waals surface area contributed by atoms with Crippen LogP contribution in [-0.2, 0) is 9.59 Å². The Morgan fingerprint density at radius 2 is 1.50 bits per heavy atom. The molecule has 7 heteroatoms. The first kappa shape index (κ1) is 27.1. The summed E-state index contributed by atoms with van der Waals surface area (Å²) in [6, 6.07) is 19.8. The molecule has 2 aromatic rings. The molecule has 0 spiro atoms. The van der Waals surface area contributed by atoms with E-state index in [-0.39, 0.29) is 17.9 Å². The molecule has 0 aliphatic carbocycles. The molecule has 1 fully saturated rings. The molecule has 3 N–H and O–H groups in total. The number of rotatable bonds is 4. The summed E-state index contributed by atoms with van der Waals surface area (Å²) in [5, 5.41) is 14.3. The lowest BCUT2D eigenvalue weighted by Crippen LogP contribution is -2.35. The Morgan fingerprint density at radius 1 is 0.861 bits per heavy atom. The fourth-order valence-corrected chi connectivity index (χ4v) is 4.33. The molecule has 1 atom stereocenters. The summed E-state index contributed by atoms with van der Waals surface area (Å²) in [5.41, 5.74) is 2.09. The minimum absolute atomic E-state index is 0.00337. The van der Waals surface area contributed by atoms with Crippen molar-refractivity contribution in [2.45, 2.75) is 38.1 Å². The third-order valence-electron chi connectivity index (χ3n) is 6.37. The van der Waals surface area contributed by atoms with Crippen LogP contribution in [0.4, 0.5) is 0 Å². The lowest BCUT2D eigenvalue weighted by Gasteiger charge is -2.23. The molecule has 7 nitrogen and oxygen atoms in total. The second-order valence-electron chi connectivity index (χ2n) is 9.12. The predicted molar refractivity (Wildman–Crippen MR) is 146 cm³/mol. The van der Waals surface area contributed by atoms with Crippen molar-refractivity contribution in [1.82, 2.24) is 20.4 Å². The fraction of sp³-hybridized carbons (Fsp3) is 0.414. The summed E-state index contributed by atoms with van der Waals surface area (Å²) in [6.45, 7) is 4.14. The highest BCUT2D eigenvalue weighted by Crippen LogP contribution is 2.16. The number of amides is 2. The van der Waals surface area contributed by atoms with E-state index in [1.54, 1.807) is 6.08 Å². The van der Waals surface area contributed by atoms with Crippen LogP contribution in [0.5, 0.6) is 0 Å². The van der Waals surface area contributed by atoms with Gasteiger partial charge in [0.15, 0.2) is 0 Å². The van der Waals surface area contributed by atoms with Crippen LogP contribution < -0.4 is 10.6 Å². The summed E-state index contributed by atoms with van der Waals surface area (Å²) in [6.07, 6.45) is 8.62. The Morgan fingerprint density at radius 3 is 2.25 bits per heavy atom. The van der Waals surface area contributed by atoms with Crippen molar-refractivity contribution in [3.63, 3.8) is 0 Å². The molecule has 1 saturated heterocycles. The van der Waals surface area contributed by atoms with Crippen LogP contribution in [0.2, 0.25) is 0 Å². The molecule has 0 radical (unpaired) electrons. The zero-order valence-corrected chi connectivity index (χ0v) is 21.1. The zero-order valence-electron chi connectivity index (χ0n) is 21.1. The third kappa shape index (κ3) is 9.66. The van der Waals surface area contributed by atoms with Gasteiger partial charge in [0.1, 0.15) is 0 Å². The molecule has 1 aliphatic rings. The Balaban J connectivity index is 1.63. The van der Waals surface area contributed by atoms with E-state index in [1.807, 2.05) is 76.5 Å². The first-order valence-corrected chi connectivity index (χ1v) is 13.0. The number of carbonyl (C=O) groups is 2. The lowest BCUT2D eigenvalue weighted by atomic mass is 10.0. The van der Waals surface area contributed by atoms with E-state index in [4.69, 9.17) is 5.41 Å². The quantitative estimate of drug-likeness (QED) is 0.346. The van der Waals surface area contributed by atoms with Crippen molar-refractivity contribution in [3.05, 3.63) is 77.9 Å². The van der Waals surface area contributed by atoms with Gasteiger partial charge >= 0.3 is 0 Å². The van der Waals surface area contributed by atoms with Gasteiger partial charge in [-0.05, 0) is 49.4 Å². The maximum Gasteiger partial charge on any atom is 0.246 e. The molecule has 192 valence electrons. The zero-order chi connectivity index (χ0) is 25.4. The van der Waals surface area contributed by atoms with E-state index < -0.39 is 0 Å². The number of hydrogen-bond acceptors (Lipinski definition) is 4. The van der Waals surface area contributed by atoms with Gasteiger partial charge in [0.2, 0.25) is 11.8 Å². The van der Waals surface area contributed by atoms with Crippen LogP contribution in [0.3, 0.4) is 0 Å². The molecule has 36 heavy (non-hydrogen) atoms. The van der Waals surface area contributed by atoms with E-state index in [0.717, 1.165) is 50.0 Å². The van der Waals surface area contributed by atoms with Gasteiger partial charge in [-0.1, -0.05) is 60.7 Å². The first-order chi connectivity index (χ1) is 17.7. The smallest absolute Gasteiger partial charge is 0.246 e. The van der Waals surface area contributed by atoms with Crippen molar-refractivity contribution < 1.29 is 9.59 Å². The molecule has 1 aliphatic heterocycles. The van der Waals surface area contributed by atoms with Crippen molar-refractivity contribution in [2.75, 3.05) is 39.3 Å². The van der Waals surface area contributed by atoms with Gasteiger partial charge in [-0.15, -0.1) is 0 Å². The molecule has 0 saturated carbocycles. The molecular weight excluding hydrogens is 450 g/mol. The second kappa shape index (κ2) is 15.5. The minimum Gasteiger partial charge on any atom is -0.363 e. The molecule has 2 amide bonds. The van der Waals surface area contributed by atoms with Crippen LogP contribution >= 0.6 is 0 Å². The average Bonchev–Trinajstić information content (AvgIpc) is 2.92. The molecule has 3 rings (SSSR count). The standard InChI is InChI=1S/C29H39N5O2/c30-24-33-19-7-8-21-34(29(36)16-15-25-11-3-1-4-12-25)22-10-18-32-28(35)23-27(31-17-9-20-33)26-13-5-2-6-14-26/h1-6,11-16,24,27,30-31H,7-10,17-23H2,(H,32,35)/t27-/m0/s1. The monoisotopic (exact) mass is 489 g/mol. The Bertz CT molecular complexity index is 964. The average molecular weight is 490 g/mol. The van der Waals surface area contributed by atoms with Crippen molar-refractivity contribution in [1.29, 1.82) is 5.41 Å². The topological polar surface area (TPSA) is 88.5 Å². The molecule has 0 unspecified atom stereocenters. The van der Waals surface area contributed by atoms with Gasteiger partial charge < -0.3 is 20.4 Å². The van der Waals surface area contributed by atoms with E-state index in [9.17, 15) is 9.59 Å². The largest absolute Gasteiger partial charge is 0.363 e. The van der Waals surface area contributed by atoms with Gasteiger partial charge in [-0.25, -0.2) is 0 Å². The normalized spacial score (nSPS) is 19.4. The Labute approximate surface area is 215 Å². The third-order valence-corrected chi connectivity index (χ3v) is 6.37. The van der Waals surface area contributed by atoms with E-state index in [0.29, 0.717) is 32.5 Å². The molecular formula is C29H39N5O2. The number of benzene rings is 2. The number of hydrogen-bond donors (Lipinski definition) is 3. The van der Waals surface area contributed by atoms with Crippen molar-refractivity contribution >= 4 is 24.2 Å². The Hall–Kier alpha value is -3.45. The predicted octanol–water partition coefficient (Wildman–Crippen LogP) is 3.85. The number of nitrogens with zero attached hydrogens (tertiary/aromatic N) is 2. The van der Waals surface area contributed by atoms with Gasteiger partial charge in [-0.2, -0.15) is 0 Å². The van der Waals surface area contributed by atoms with Gasteiger partial charge in [0.25, 0.3) is 0 Å². The van der Waals surface area contributed by atoms with Crippen LogP contribution in [0, 0.1) is 5.41 Å². The van der Waals surface area contributed by atoms with Crippen LogP contribution in [0.1, 0.15) is 49.3 Å². The van der Waals surface area contributed by atoms with E-state index in [1.165, 1.54) is 6.34 Å². The summed E-state index contributed by atoms with van der Waals surface area (Å²) in [7, 11) is 0. The summed E-state index contributed by atoms with van der Waals surface area (Å²) >= 11 is 0. The lowest BCUT2D eigenvalue weighted by molar-refractivity contribution is -0.126. The van der Waals surface area contributed by atoms with Crippen LogP contribution in [0.15, 0.2) is 66.7 Å². The number of nitrogens with one attached hydrogen (secondary N) is 3. The Kier molecular flexibility index (Phi) is 11.7. The van der Waals surface area contributed by atoms with E-state index in [2.05, 4.69) is 10.6 Å². The fourth-order valence-electron chi connectivity index (χ4n) is 4.33. The maximum atomic E-state index is 12.9. The van der Waals surface area contributed by atoms with Crippen LogP contribution in [0.25, 0.3) is 6.08 Å². The second-order valence-corrected chi connectivity index (χ2v) is 9.12. The molecule has 1 heterocycles. The number of carbonyl (C=O) groups excluding carboxylic acids is 2.